The molecule has 0 aliphatic carbocycles. The van der Waals surface area contributed by atoms with Crippen LogP contribution < -0.4 is 23.8 Å². The van der Waals surface area contributed by atoms with Crippen molar-refractivity contribution in [3.63, 3.8) is 0 Å². The number of anilines is 1. The average Bonchev–Trinajstić information content (AvgIpc) is 3.14. The van der Waals surface area contributed by atoms with Gasteiger partial charge >= 0.3 is 0 Å². The number of methoxy groups -OCH3 is 3. The van der Waals surface area contributed by atoms with Crippen molar-refractivity contribution in [2.24, 2.45) is 0 Å². The Hall–Kier alpha value is -3.17. The summed E-state index contributed by atoms with van der Waals surface area (Å²) in [7, 11) is 6.89. The minimum absolute atomic E-state index is 0. The van der Waals surface area contributed by atoms with Crippen LogP contribution in [0.25, 0.3) is 0 Å². The molecule has 0 aromatic heterocycles. The van der Waals surface area contributed by atoms with E-state index in [0.717, 1.165) is 87.4 Å². The second-order valence-electron chi connectivity index (χ2n) is 13.6. The van der Waals surface area contributed by atoms with Crippen LogP contribution in [-0.4, -0.2) is 83.4 Å². The van der Waals surface area contributed by atoms with Crippen molar-refractivity contribution in [2.75, 3.05) is 72.6 Å². The Balaban J connectivity index is 0.00000351. The molecule has 2 heterocycles. The molecule has 1 amide bonds. The van der Waals surface area contributed by atoms with Crippen LogP contribution in [-0.2, 0) is 16.6 Å². The van der Waals surface area contributed by atoms with Gasteiger partial charge in [0.1, 0.15) is 5.75 Å². The van der Waals surface area contributed by atoms with Crippen molar-refractivity contribution in [1.29, 1.82) is 0 Å². The highest BCUT2D eigenvalue weighted by molar-refractivity contribution is 6.04. The number of carbonyl (C=O) groups is 1. The number of ether oxygens (including phenoxy) is 4. The van der Waals surface area contributed by atoms with Crippen molar-refractivity contribution in [2.45, 2.75) is 76.7 Å². The largest absolute Gasteiger partial charge is 0.493 e. The number of piperazine rings is 1. The van der Waals surface area contributed by atoms with Gasteiger partial charge in [-0.2, -0.15) is 0 Å². The van der Waals surface area contributed by atoms with E-state index in [4.69, 9.17) is 18.9 Å². The summed E-state index contributed by atoms with van der Waals surface area (Å²) in [5.41, 5.74) is 3.83. The molecule has 5 rings (SSSR count). The number of likely N-dealkylation sites (N-methyl/N-ethyl adjacent to an activating group) is 1. The van der Waals surface area contributed by atoms with Gasteiger partial charge in [-0.05, 0) is 74.5 Å². The number of hydrogen-bond acceptors (Lipinski definition) is 7. The third-order valence-electron chi connectivity index (χ3n) is 10.7. The van der Waals surface area contributed by atoms with Crippen molar-refractivity contribution in [1.82, 2.24) is 9.80 Å². The number of nitrogens with zero attached hydrogens (tertiary/aromatic N) is 3. The molecule has 0 radical (unpaired) electrons. The zero-order chi connectivity index (χ0) is 34.8. The Labute approximate surface area is 318 Å². The van der Waals surface area contributed by atoms with Crippen LogP contribution in [0.5, 0.6) is 23.0 Å². The van der Waals surface area contributed by atoms with Crippen molar-refractivity contribution < 1.29 is 23.7 Å². The number of unbranched alkanes of at least 4 members (excludes halogenated alkanes) is 4. The average molecular weight is 745 g/mol. The smallest absolute Gasteiger partial charge is 0.237 e. The molecule has 2 aliphatic rings. The van der Waals surface area contributed by atoms with Crippen molar-refractivity contribution in [3.8, 4) is 23.0 Å². The SMILES string of the molecule is CCCCCCC1(c2ccccc2OCCCCN2CCN(C(C)c3cc(OC)c(OC)c(OC)c3)CC2)Cc2ccccc2N(C)C1=O.Cl.Cl. The first-order chi connectivity index (χ1) is 23.9. The van der Waals surface area contributed by atoms with E-state index >= 15 is 0 Å². The summed E-state index contributed by atoms with van der Waals surface area (Å²) in [4.78, 5) is 21.2. The van der Waals surface area contributed by atoms with Gasteiger partial charge < -0.3 is 28.7 Å². The van der Waals surface area contributed by atoms with E-state index < -0.39 is 5.41 Å². The summed E-state index contributed by atoms with van der Waals surface area (Å²) in [6.45, 7) is 10.3. The summed E-state index contributed by atoms with van der Waals surface area (Å²) in [6, 6.07) is 21.0. The molecule has 51 heavy (non-hydrogen) atoms. The fraction of sp³-hybridized carbons (Fsp3) is 0.537. The summed E-state index contributed by atoms with van der Waals surface area (Å²) in [5, 5.41) is 0. The number of amides is 1. The van der Waals surface area contributed by atoms with Crippen LogP contribution in [0, 0.1) is 0 Å². The maximum Gasteiger partial charge on any atom is 0.237 e. The number of halogens is 2. The number of para-hydroxylation sites is 2. The Morgan fingerprint density at radius 2 is 1.45 bits per heavy atom. The first kappa shape index (κ1) is 42.2. The Bertz CT molecular complexity index is 1510. The van der Waals surface area contributed by atoms with Gasteiger partial charge in [0.05, 0.1) is 33.4 Å². The first-order valence-electron chi connectivity index (χ1n) is 18.2. The predicted molar refractivity (Wildman–Crippen MR) is 212 cm³/mol. The molecule has 3 aromatic carbocycles. The third-order valence-corrected chi connectivity index (χ3v) is 10.7. The molecule has 2 unspecified atom stereocenters. The number of hydrogen-bond donors (Lipinski definition) is 0. The van der Waals surface area contributed by atoms with Crippen LogP contribution in [0.4, 0.5) is 5.69 Å². The van der Waals surface area contributed by atoms with Gasteiger partial charge in [0.25, 0.3) is 0 Å². The van der Waals surface area contributed by atoms with Crippen molar-refractivity contribution in [3.05, 3.63) is 77.4 Å². The normalized spacial score (nSPS) is 18.2. The summed E-state index contributed by atoms with van der Waals surface area (Å²) < 4.78 is 23.2. The monoisotopic (exact) mass is 743 g/mol. The molecule has 0 bridgehead atoms. The topological polar surface area (TPSA) is 63.7 Å². The Kier molecular flexibility index (Phi) is 16.7. The first-order valence-corrected chi connectivity index (χ1v) is 18.2. The third kappa shape index (κ3) is 9.64. The molecule has 2 aliphatic heterocycles. The van der Waals surface area contributed by atoms with Crippen LogP contribution in [0.1, 0.15) is 81.5 Å². The molecule has 0 N–H and O–H groups in total. The quantitative estimate of drug-likeness (QED) is 0.129. The van der Waals surface area contributed by atoms with Crippen molar-refractivity contribution >= 4 is 36.4 Å². The van der Waals surface area contributed by atoms with E-state index in [0.29, 0.717) is 30.3 Å². The minimum Gasteiger partial charge on any atom is -0.493 e. The van der Waals surface area contributed by atoms with Gasteiger partial charge in [-0.15, -0.1) is 24.8 Å². The van der Waals surface area contributed by atoms with E-state index in [2.05, 4.69) is 72.2 Å². The zero-order valence-electron chi connectivity index (χ0n) is 31.4. The number of fused-ring (bicyclic) bond motifs is 1. The van der Waals surface area contributed by atoms with Gasteiger partial charge in [0, 0.05) is 50.5 Å². The molecular formula is C41H59Cl2N3O5. The fourth-order valence-electron chi connectivity index (χ4n) is 7.75. The highest BCUT2D eigenvalue weighted by Gasteiger charge is 2.47. The summed E-state index contributed by atoms with van der Waals surface area (Å²) in [6.07, 6.45) is 8.11. The second-order valence-corrected chi connectivity index (χ2v) is 13.6. The van der Waals surface area contributed by atoms with Gasteiger partial charge in [0.2, 0.25) is 11.7 Å². The molecule has 0 spiro atoms. The number of benzene rings is 3. The van der Waals surface area contributed by atoms with E-state index in [-0.39, 0.29) is 36.8 Å². The molecule has 1 fully saturated rings. The maximum atomic E-state index is 14.3. The minimum atomic E-state index is -0.619. The van der Waals surface area contributed by atoms with Crippen LogP contribution in [0.3, 0.4) is 0 Å². The molecule has 2 atom stereocenters. The lowest BCUT2D eigenvalue weighted by Crippen LogP contribution is -2.50. The van der Waals surface area contributed by atoms with Gasteiger partial charge in [0.15, 0.2) is 11.5 Å². The van der Waals surface area contributed by atoms with Gasteiger partial charge in [-0.1, -0.05) is 69.0 Å². The van der Waals surface area contributed by atoms with E-state index in [1.54, 1.807) is 21.3 Å². The second kappa shape index (κ2) is 20.2. The molecule has 10 heteroatoms. The van der Waals surface area contributed by atoms with Gasteiger partial charge in [-0.3, -0.25) is 9.69 Å². The number of rotatable bonds is 17. The Morgan fingerprint density at radius 3 is 2.12 bits per heavy atom. The van der Waals surface area contributed by atoms with E-state index in [1.165, 1.54) is 18.4 Å². The van der Waals surface area contributed by atoms with E-state index in [9.17, 15) is 4.79 Å². The summed E-state index contributed by atoms with van der Waals surface area (Å²) >= 11 is 0. The molecular weight excluding hydrogens is 685 g/mol. The lowest BCUT2D eigenvalue weighted by molar-refractivity contribution is -0.124. The molecule has 3 aromatic rings. The standard InChI is InChI=1S/C41H57N3O5.2ClH/c1-7-8-9-14-21-41(30-32-17-10-12-19-35(32)42(3)40(41)45)34-18-11-13-20-36(34)49-27-16-15-22-43-23-25-44(26-24-43)31(2)33-28-37(46-4)39(48-6)38(29-33)47-5;;/h10-13,17-20,28-29,31H,7-9,14-16,21-27,30H2,1-6H3;2*1H. The van der Waals surface area contributed by atoms with Crippen LogP contribution in [0.15, 0.2) is 60.7 Å². The fourth-order valence-corrected chi connectivity index (χ4v) is 7.75. The molecule has 1 saturated heterocycles. The highest BCUT2D eigenvalue weighted by atomic mass is 35.5. The zero-order valence-corrected chi connectivity index (χ0v) is 33.1. The summed E-state index contributed by atoms with van der Waals surface area (Å²) in [5.74, 6) is 3.04. The lowest BCUT2D eigenvalue weighted by Gasteiger charge is -2.42. The van der Waals surface area contributed by atoms with E-state index in [1.807, 2.05) is 24.1 Å². The molecule has 282 valence electrons. The Morgan fingerprint density at radius 1 is 0.784 bits per heavy atom. The van der Waals surface area contributed by atoms with Crippen LogP contribution in [0.2, 0.25) is 0 Å². The highest BCUT2D eigenvalue weighted by Crippen LogP contribution is 2.46. The van der Waals surface area contributed by atoms with Gasteiger partial charge in [-0.25, -0.2) is 0 Å². The lowest BCUT2D eigenvalue weighted by atomic mass is 9.68. The maximum absolute atomic E-state index is 14.3. The predicted octanol–water partition coefficient (Wildman–Crippen LogP) is 8.52. The van der Waals surface area contributed by atoms with Crippen LogP contribution >= 0.6 is 24.8 Å². The molecule has 0 saturated carbocycles. The number of carbonyl (C=O) groups excluding carboxylic acids is 1. The molecule has 8 nitrogen and oxygen atoms in total.